The SMILES string of the molecule is Cn1cncc1-c1ncc(CNC(C)(C)C)[nH]1. The maximum atomic E-state index is 4.36. The highest BCUT2D eigenvalue weighted by molar-refractivity contribution is 5.48. The van der Waals surface area contributed by atoms with Crippen molar-refractivity contribution in [2.45, 2.75) is 32.9 Å². The molecule has 5 nitrogen and oxygen atoms in total. The number of rotatable bonds is 3. The number of aryl methyl sites for hydroxylation is 1. The molecule has 0 unspecified atom stereocenters. The zero-order valence-corrected chi connectivity index (χ0v) is 10.8. The van der Waals surface area contributed by atoms with Gasteiger partial charge in [-0.25, -0.2) is 9.97 Å². The number of nitrogens with one attached hydrogen (secondary N) is 2. The van der Waals surface area contributed by atoms with Crippen LogP contribution >= 0.6 is 0 Å². The molecular weight excluding hydrogens is 214 g/mol. The molecular formula is C12H19N5. The Hall–Kier alpha value is -1.62. The summed E-state index contributed by atoms with van der Waals surface area (Å²) in [5.74, 6) is 0.857. The van der Waals surface area contributed by atoms with E-state index in [4.69, 9.17) is 0 Å². The monoisotopic (exact) mass is 233 g/mol. The van der Waals surface area contributed by atoms with Gasteiger partial charge in [-0.2, -0.15) is 0 Å². The summed E-state index contributed by atoms with van der Waals surface area (Å²) < 4.78 is 1.94. The van der Waals surface area contributed by atoms with E-state index in [1.165, 1.54) is 0 Å². The molecule has 0 aromatic carbocycles. The molecule has 0 atom stereocenters. The van der Waals surface area contributed by atoms with Crippen LogP contribution in [0.15, 0.2) is 18.7 Å². The van der Waals surface area contributed by atoms with Gasteiger partial charge >= 0.3 is 0 Å². The molecule has 0 saturated carbocycles. The molecule has 0 spiro atoms. The van der Waals surface area contributed by atoms with Gasteiger partial charge in [0.05, 0.1) is 18.7 Å². The van der Waals surface area contributed by atoms with E-state index in [1.54, 1.807) is 12.5 Å². The second-order valence-corrected chi connectivity index (χ2v) is 5.25. The van der Waals surface area contributed by atoms with E-state index in [0.29, 0.717) is 0 Å². The smallest absolute Gasteiger partial charge is 0.155 e. The number of aromatic nitrogens is 4. The highest BCUT2D eigenvalue weighted by Gasteiger charge is 2.11. The highest BCUT2D eigenvalue weighted by Crippen LogP contribution is 2.14. The van der Waals surface area contributed by atoms with Gasteiger partial charge in [0.1, 0.15) is 5.69 Å². The van der Waals surface area contributed by atoms with Crippen molar-refractivity contribution in [3.05, 3.63) is 24.4 Å². The van der Waals surface area contributed by atoms with Crippen LogP contribution in [0.1, 0.15) is 26.5 Å². The fraction of sp³-hybridized carbons (Fsp3) is 0.500. The Morgan fingerprint density at radius 2 is 2.12 bits per heavy atom. The van der Waals surface area contributed by atoms with Crippen LogP contribution in [0, 0.1) is 0 Å². The number of hydrogen-bond donors (Lipinski definition) is 2. The number of H-pyrrole nitrogens is 1. The summed E-state index contributed by atoms with van der Waals surface area (Å²) in [6.45, 7) is 7.22. The van der Waals surface area contributed by atoms with Crippen molar-refractivity contribution >= 4 is 0 Å². The van der Waals surface area contributed by atoms with Gasteiger partial charge in [0.15, 0.2) is 5.82 Å². The predicted molar refractivity (Wildman–Crippen MR) is 67.4 cm³/mol. The van der Waals surface area contributed by atoms with Crippen molar-refractivity contribution in [3.8, 4) is 11.5 Å². The summed E-state index contributed by atoms with van der Waals surface area (Å²) in [5.41, 5.74) is 2.18. The largest absolute Gasteiger partial charge is 0.339 e. The van der Waals surface area contributed by atoms with Gasteiger partial charge < -0.3 is 14.9 Å². The summed E-state index contributed by atoms with van der Waals surface area (Å²) in [5, 5.41) is 3.42. The van der Waals surface area contributed by atoms with Crippen LogP contribution in [0.2, 0.25) is 0 Å². The molecule has 5 heteroatoms. The third-order valence-electron chi connectivity index (χ3n) is 2.50. The minimum Gasteiger partial charge on any atom is -0.339 e. The molecule has 2 aromatic heterocycles. The summed E-state index contributed by atoms with van der Waals surface area (Å²) in [6.07, 6.45) is 5.44. The lowest BCUT2D eigenvalue weighted by molar-refractivity contribution is 0.422. The van der Waals surface area contributed by atoms with Gasteiger partial charge in [0.2, 0.25) is 0 Å². The zero-order valence-electron chi connectivity index (χ0n) is 10.8. The minimum absolute atomic E-state index is 0.109. The van der Waals surface area contributed by atoms with Gasteiger partial charge in [0, 0.05) is 24.8 Å². The summed E-state index contributed by atoms with van der Waals surface area (Å²) >= 11 is 0. The topological polar surface area (TPSA) is 58.5 Å². The van der Waals surface area contributed by atoms with Crippen LogP contribution in [-0.2, 0) is 13.6 Å². The minimum atomic E-state index is 0.109. The third kappa shape index (κ3) is 2.94. The van der Waals surface area contributed by atoms with Crippen molar-refractivity contribution in [2.75, 3.05) is 0 Å². The lowest BCUT2D eigenvalue weighted by Gasteiger charge is -2.19. The zero-order chi connectivity index (χ0) is 12.5. The van der Waals surface area contributed by atoms with Crippen LogP contribution in [0.25, 0.3) is 11.5 Å². The maximum absolute atomic E-state index is 4.36. The molecule has 0 aliphatic heterocycles. The van der Waals surface area contributed by atoms with Crippen molar-refractivity contribution in [1.82, 2.24) is 24.8 Å². The number of hydrogen-bond acceptors (Lipinski definition) is 3. The van der Waals surface area contributed by atoms with Gasteiger partial charge in [-0.15, -0.1) is 0 Å². The standard InChI is InChI=1S/C12H19N5/c1-12(2,3)15-6-9-5-14-11(16-9)10-7-13-8-17(10)4/h5,7-8,15H,6H2,1-4H3,(H,14,16). The summed E-state index contributed by atoms with van der Waals surface area (Å²) in [7, 11) is 1.96. The van der Waals surface area contributed by atoms with Crippen molar-refractivity contribution < 1.29 is 0 Å². The van der Waals surface area contributed by atoms with Gasteiger partial charge in [-0.05, 0) is 20.8 Å². The first kappa shape index (κ1) is 11.9. The molecule has 0 bridgehead atoms. The van der Waals surface area contributed by atoms with Crippen LogP contribution in [0.4, 0.5) is 0 Å². The van der Waals surface area contributed by atoms with Crippen LogP contribution in [0.3, 0.4) is 0 Å². The van der Waals surface area contributed by atoms with Crippen LogP contribution < -0.4 is 5.32 Å². The first-order chi connectivity index (χ1) is 7.96. The average molecular weight is 233 g/mol. The average Bonchev–Trinajstić information content (AvgIpc) is 2.81. The van der Waals surface area contributed by atoms with Crippen LogP contribution in [0.5, 0.6) is 0 Å². The van der Waals surface area contributed by atoms with Crippen LogP contribution in [-0.4, -0.2) is 25.1 Å². The quantitative estimate of drug-likeness (QED) is 0.848. The molecule has 0 aliphatic carbocycles. The summed E-state index contributed by atoms with van der Waals surface area (Å²) in [4.78, 5) is 11.7. The molecule has 17 heavy (non-hydrogen) atoms. The fourth-order valence-corrected chi connectivity index (χ4v) is 1.52. The fourth-order valence-electron chi connectivity index (χ4n) is 1.52. The van der Waals surface area contributed by atoms with Gasteiger partial charge in [-0.3, -0.25) is 0 Å². The predicted octanol–water partition coefficient (Wildman–Crippen LogP) is 1.70. The van der Waals surface area contributed by atoms with E-state index in [0.717, 1.165) is 23.8 Å². The number of aromatic amines is 1. The lowest BCUT2D eigenvalue weighted by atomic mass is 10.1. The molecule has 92 valence electrons. The van der Waals surface area contributed by atoms with E-state index in [-0.39, 0.29) is 5.54 Å². The Labute approximate surface area is 101 Å². The lowest BCUT2D eigenvalue weighted by Crippen LogP contribution is -2.35. The normalized spacial score (nSPS) is 12.0. The molecule has 0 radical (unpaired) electrons. The van der Waals surface area contributed by atoms with Crippen molar-refractivity contribution in [2.24, 2.45) is 7.05 Å². The number of imidazole rings is 2. The van der Waals surface area contributed by atoms with E-state index in [9.17, 15) is 0 Å². The van der Waals surface area contributed by atoms with Crippen molar-refractivity contribution in [3.63, 3.8) is 0 Å². The first-order valence-electron chi connectivity index (χ1n) is 5.71. The number of nitrogens with zero attached hydrogens (tertiary/aromatic N) is 3. The molecule has 0 fully saturated rings. The Kier molecular flexibility index (Phi) is 3.02. The Balaban J connectivity index is 2.09. The molecule has 0 aliphatic rings. The molecule has 2 aromatic rings. The Morgan fingerprint density at radius 1 is 1.35 bits per heavy atom. The molecule has 0 saturated heterocycles. The van der Waals surface area contributed by atoms with Gasteiger partial charge in [0.25, 0.3) is 0 Å². The second kappa shape index (κ2) is 4.33. The Bertz CT molecular complexity index is 489. The Morgan fingerprint density at radius 3 is 2.71 bits per heavy atom. The van der Waals surface area contributed by atoms with Crippen molar-refractivity contribution in [1.29, 1.82) is 0 Å². The van der Waals surface area contributed by atoms with E-state index in [1.807, 2.05) is 17.8 Å². The highest BCUT2D eigenvalue weighted by atomic mass is 15.1. The van der Waals surface area contributed by atoms with E-state index < -0.39 is 0 Å². The van der Waals surface area contributed by atoms with E-state index in [2.05, 4.69) is 41.0 Å². The summed E-state index contributed by atoms with van der Waals surface area (Å²) in [6, 6.07) is 0. The van der Waals surface area contributed by atoms with Gasteiger partial charge in [-0.1, -0.05) is 0 Å². The second-order valence-electron chi connectivity index (χ2n) is 5.25. The molecule has 2 heterocycles. The molecule has 2 rings (SSSR count). The third-order valence-corrected chi connectivity index (χ3v) is 2.50. The van der Waals surface area contributed by atoms with E-state index >= 15 is 0 Å². The first-order valence-corrected chi connectivity index (χ1v) is 5.71. The molecule has 0 amide bonds. The maximum Gasteiger partial charge on any atom is 0.155 e. The molecule has 2 N–H and O–H groups in total.